The molecule has 0 bridgehead atoms. The Morgan fingerprint density at radius 2 is 1.33 bits per heavy atom. The zero-order chi connectivity index (χ0) is 23.0. The predicted octanol–water partition coefficient (Wildman–Crippen LogP) is 8.74. The molecule has 0 nitrogen and oxygen atoms in total. The largest absolute Gasteiger partial charge is 0.206 e. The number of halogens is 1. The number of hydrogen-bond donors (Lipinski definition) is 0. The molecule has 0 aliphatic carbocycles. The van der Waals surface area contributed by atoms with Crippen LogP contribution < -0.4 is 0 Å². The van der Waals surface area contributed by atoms with Crippen LogP contribution in [0.25, 0.3) is 11.1 Å². The Kier molecular flexibility index (Phi) is 8.55. The van der Waals surface area contributed by atoms with Gasteiger partial charge in [0.1, 0.15) is 5.82 Å². The van der Waals surface area contributed by atoms with E-state index >= 15 is 0 Å². The van der Waals surface area contributed by atoms with Crippen LogP contribution in [0.1, 0.15) is 67.7 Å². The van der Waals surface area contributed by atoms with Gasteiger partial charge in [0, 0.05) is 14.4 Å². The Morgan fingerprint density at radius 1 is 0.727 bits per heavy atom. The fourth-order valence-corrected chi connectivity index (χ4v) is 8.96. The molecule has 174 valence electrons. The van der Waals surface area contributed by atoms with Crippen LogP contribution in [0.4, 0.5) is 4.39 Å². The summed E-state index contributed by atoms with van der Waals surface area (Å²) in [5.74, 6) is 0.658. The van der Waals surface area contributed by atoms with E-state index in [1.165, 1.54) is 48.0 Å². The van der Waals surface area contributed by atoms with E-state index in [1.54, 1.807) is 12.1 Å². The van der Waals surface area contributed by atoms with E-state index in [1.807, 2.05) is 18.2 Å². The molecule has 0 N–H and O–H groups in total. The summed E-state index contributed by atoms with van der Waals surface area (Å²) in [5.41, 5.74) is 6.92. The van der Waals surface area contributed by atoms with Gasteiger partial charge in [0.2, 0.25) is 0 Å². The monoisotopic (exact) mass is 458 g/mol. The molecule has 1 aliphatic rings. The standard InChI is InChI=1S/C31H39FSi/c1-3-5-24-10-15-29(16-11-24)30-17-12-26(23-31(30)32)7-6-25-8-13-27(14-9-25)28-18-21-33(20-4-2)22-19-28/h8-17,23,28,33H,3-7,18-22H2,1-2H3. The molecule has 1 fully saturated rings. The number of hydrogen-bond acceptors (Lipinski definition) is 0. The summed E-state index contributed by atoms with van der Waals surface area (Å²) in [6, 6.07) is 28.0. The van der Waals surface area contributed by atoms with Crippen molar-refractivity contribution in [2.75, 3.05) is 0 Å². The smallest absolute Gasteiger partial charge is 0.131 e. The molecular weight excluding hydrogens is 419 g/mol. The third-order valence-corrected chi connectivity index (χ3v) is 11.2. The lowest BCUT2D eigenvalue weighted by molar-refractivity contribution is 0.605. The first kappa shape index (κ1) is 23.9. The van der Waals surface area contributed by atoms with Crippen LogP contribution in [0.2, 0.25) is 18.1 Å². The average Bonchev–Trinajstić information content (AvgIpc) is 2.85. The zero-order valence-electron chi connectivity index (χ0n) is 20.5. The number of aryl methyl sites for hydroxylation is 3. The SMILES string of the molecule is CCCc1ccc(-c2ccc(CCc3ccc(C4CC[SiH](CCC)CC4)cc3)cc2F)cc1. The minimum atomic E-state index is -0.409. The zero-order valence-corrected chi connectivity index (χ0v) is 21.6. The van der Waals surface area contributed by atoms with E-state index in [9.17, 15) is 4.39 Å². The van der Waals surface area contributed by atoms with Crippen molar-refractivity contribution in [3.05, 3.63) is 94.8 Å². The van der Waals surface area contributed by atoms with Crippen LogP contribution in [0, 0.1) is 5.82 Å². The minimum absolute atomic E-state index is 0.117. The molecule has 0 amide bonds. The van der Waals surface area contributed by atoms with Gasteiger partial charge in [0.05, 0.1) is 0 Å². The molecule has 0 atom stereocenters. The van der Waals surface area contributed by atoms with Gasteiger partial charge in [-0.2, -0.15) is 0 Å². The van der Waals surface area contributed by atoms with Gasteiger partial charge in [-0.25, -0.2) is 4.39 Å². The van der Waals surface area contributed by atoms with Gasteiger partial charge in [-0.1, -0.05) is 105 Å². The maximum Gasteiger partial charge on any atom is 0.131 e. The van der Waals surface area contributed by atoms with Crippen molar-refractivity contribution >= 4 is 8.80 Å². The molecule has 0 saturated carbocycles. The summed E-state index contributed by atoms with van der Waals surface area (Å²) in [6.07, 6.45) is 8.24. The van der Waals surface area contributed by atoms with E-state index in [2.05, 4.69) is 56.3 Å². The lowest BCUT2D eigenvalue weighted by Crippen LogP contribution is -2.20. The van der Waals surface area contributed by atoms with E-state index < -0.39 is 8.80 Å². The van der Waals surface area contributed by atoms with Gasteiger partial charge in [0.15, 0.2) is 0 Å². The van der Waals surface area contributed by atoms with Crippen LogP contribution in [0.3, 0.4) is 0 Å². The van der Waals surface area contributed by atoms with Gasteiger partial charge in [0.25, 0.3) is 0 Å². The molecule has 1 saturated heterocycles. The second kappa shape index (κ2) is 11.8. The molecule has 2 heteroatoms. The molecule has 0 unspecified atom stereocenters. The molecule has 3 aromatic carbocycles. The van der Waals surface area contributed by atoms with Crippen molar-refractivity contribution in [1.82, 2.24) is 0 Å². The van der Waals surface area contributed by atoms with Crippen LogP contribution in [-0.2, 0) is 19.3 Å². The van der Waals surface area contributed by atoms with E-state index in [0.717, 1.165) is 42.7 Å². The Bertz CT molecular complexity index is 998. The lowest BCUT2D eigenvalue weighted by Gasteiger charge is -2.27. The first-order chi connectivity index (χ1) is 16.2. The summed E-state index contributed by atoms with van der Waals surface area (Å²) in [5, 5.41) is 0. The van der Waals surface area contributed by atoms with Gasteiger partial charge in [-0.15, -0.1) is 0 Å². The fraction of sp³-hybridized carbons (Fsp3) is 0.419. The highest BCUT2D eigenvalue weighted by Crippen LogP contribution is 2.35. The third-order valence-electron chi connectivity index (χ3n) is 7.53. The second-order valence-electron chi connectivity index (χ2n) is 10.0. The molecular formula is C31H39FSi. The Labute approximate surface area is 201 Å². The maximum atomic E-state index is 14.8. The fourth-order valence-electron chi connectivity index (χ4n) is 5.53. The van der Waals surface area contributed by atoms with Crippen molar-refractivity contribution in [3.8, 4) is 11.1 Å². The van der Waals surface area contributed by atoms with Crippen LogP contribution in [0.5, 0.6) is 0 Å². The van der Waals surface area contributed by atoms with E-state index in [-0.39, 0.29) is 5.82 Å². The molecule has 0 radical (unpaired) electrons. The molecule has 1 aliphatic heterocycles. The predicted molar refractivity (Wildman–Crippen MR) is 144 cm³/mol. The van der Waals surface area contributed by atoms with Crippen molar-refractivity contribution in [1.29, 1.82) is 0 Å². The lowest BCUT2D eigenvalue weighted by atomic mass is 9.92. The Morgan fingerprint density at radius 3 is 1.97 bits per heavy atom. The summed E-state index contributed by atoms with van der Waals surface area (Å²) in [7, 11) is -0.409. The third kappa shape index (κ3) is 6.44. The van der Waals surface area contributed by atoms with E-state index in [0.29, 0.717) is 5.56 Å². The topological polar surface area (TPSA) is 0 Å². The van der Waals surface area contributed by atoms with Crippen LogP contribution >= 0.6 is 0 Å². The molecule has 1 heterocycles. The Balaban J connectivity index is 1.32. The first-order valence-corrected chi connectivity index (χ1v) is 15.6. The molecule has 0 spiro atoms. The molecule has 3 aromatic rings. The van der Waals surface area contributed by atoms with Crippen molar-refractivity contribution in [2.24, 2.45) is 0 Å². The highest BCUT2D eigenvalue weighted by Gasteiger charge is 2.22. The average molecular weight is 459 g/mol. The molecule has 4 rings (SSSR count). The maximum absolute atomic E-state index is 14.8. The van der Waals surface area contributed by atoms with Gasteiger partial charge in [-0.3, -0.25) is 0 Å². The quantitative estimate of drug-likeness (QED) is 0.281. The van der Waals surface area contributed by atoms with Gasteiger partial charge in [-0.05, 0) is 71.9 Å². The van der Waals surface area contributed by atoms with Gasteiger partial charge >= 0.3 is 0 Å². The molecule has 33 heavy (non-hydrogen) atoms. The number of rotatable bonds is 9. The summed E-state index contributed by atoms with van der Waals surface area (Å²) in [6.45, 7) is 4.52. The van der Waals surface area contributed by atoms with Crippen LogP contribution in [-0.4, -0.2) is 8.80 Å². The van der Waals surface area contributed by atoms with Crippen LogP contribution in [0.15, 0.2) is 66.7 Å². The van der Waals surface area contributed by atoms with Crippen molar-refractivity contribution < 1.29 is 4.39 Å². The van der Waals surface area contributed by atoms with Crippen molar-refractivity contribution in [2.45, 2.75) is 82.8 Å². The highest BCUT2D eigenvalue weighted by atomic mass is 28.3. The highest BCUT2D eigenvalue weighted by molar-refractivity contribution is 6.59. The normalized spacial score (nSPS) is 18.4. The minimum Gasteiger partial charge on any atom is -0.206 e. The summed E-state index contributed by atoms with van der Waals surface area (Å²) in [4.78, 5) is 0. The Hall–Kier alpha value is -2.19. The van der Waals surface area contributed by atoms with Crippen molar-refractivity contribution in [3.63, 3.8) is 0 Å². The first-order valence-electron chi connectivity index (χ1n) is 13.1. The second-order valence-corrected chi connectivity index (χ2v) is 13.5. The summed E-state index contributed by atoms with van der Waals surface area (Å²) < 4.78 is 14.8. The van der Waals surface area contributed by atoms with E-state index in [4.69, 9.17) is 0 Å². The van der Waals surface area contributed by atoms with Gasteiger partial charge < -0.3 is 0 Å². The number of benzene rings is 3. The molecule has 0 aromatic heterocycles. The summed E-state index contributed by atoms with van der Waals surface area (Å²) >= 11 is 0.